The summed E-state index contributed by atoms with van der Waals surface area (Å²) in [6.07, 6.45) is 3.87. The number of anilines is 1. The Morgan fingerprint density at radius 3 is 2.10 bits per heavy atom. The smallest absolute Gasteiger partial charge is 0.0693 e. The molecule has 1 saturated carbocycles. The van der Waals surface area contributed by atoms with Gasteiger partial charge in [-0.3, -0.25) is 0 Å². The van der Waals surface area contributed by atoms with Gasteiger partial charge in [-0.15, -0.1) is 0 Å². The Morgan fingerprint density at radius 1 is 1.15 bits per heavy atom. The summed E-state index contributed by atoms with van der Waals surface area (Å²) in [5.41, 5.74) is 7.66. The van der Waals surface area contributed by atoms with Gasteiger partial charge >= 0.3 is 0 Å². The van der Waals surface area contributed by atoms with Crippen molar-refractivity contribution >= 4 is 28.9 Å². The summed E-state index contributed by atoms with van der Waals surface area (Å²) in [6.45, 7) is 1.88. The van der Waals surface area contributed by atoms with Crippen molar-refractivity contribution in [2.45, 2.75) is 31.3 Å². The lowest BCUT2D eigenvalue weighted by Gasteiger charge is -2.49. The molecule has 1 aromatic carbocycles. The molecule has 3 nitrogen and oxygen atoms in total. The molecule has 0 atom stereocenters. The lowest BCUT2D eigenvalue weighted by Crippen LogP contribution is -2.56. The fraction of sp³-hybridized carbons (Fsp3) is 0.600. The van der Waals surface area contributed by atoms with Crippen molar-refractivity contribution in [3.8, 4) is 0 Å². The van der Waals surface area contributed by atoms with Crippen LogP contribution in [-0.4, -0.2) is 43.0 Å². The first-order valence-electron chi connectivity index (χ1n) is 6.93. The number of nitrogen functional groups attached to an aromatic ring is 1. The normalized spacial score (nSPS) is 17.6. The SMILES string of the molecule is CN(Cc1cc(Cl)c(N)c(Cl)c1)CC1(N(C)C)CCC1. The van der Waals surface area contributed by atoms with E-state index in [-0.39, 0.29) is 0 Å². The Labute approximate surface area is 131 Å². The van der Waals surface area contributed by atoms with Crippen LogP contribution in [0.1, 0.15) is 24.8 Å². The number of nitrogens with zero attached hydrogens (tertiary/aromatic N) is 2. The molecule has 0 amide bonds. The van der Waals surface area contributed by atoms with Crippen molar-refractivity contribution in [1.29, 1.82) is 0 Å². The minimum atomic E-state index is 0.330. The van der Waals surface area contributed by atoms with Crippen LogP contribution in [-0.2, 0) is 6.54 Å². The van der Waals surface area contributed by atoms with Crippen LogP contribution in [0.4, 0.5) is 5.69 Å². The quantitative estimate of drug-likeness (QED) is 0.844. The molecule has 20 heavy (non-hydrogen) atoms. The van der Waals surface area contributed by atoms with E-state index in [0.717, 1.165) is 18.7 Å². The molecule has 0 unspecified atom stereocenters. The van der Waals surface area contributed by atoms with Gasteiger partial charge in [-0.05, 0) is 58.1 Å². The van der Waals surface area contributed by atoms with Gasteiger partial charge in [0.05, 0.1) is 15.7 Å². The van der Waals surface area contributed by atoms with Crippen molar-refractivity contribution in [3.05, 3.63) is 27.7 Å². The number of halogens is 2. The van der Waals surface area contributed by atoms with Gasteiger partial charge in [-0.25, -0.2) is 0 Å². The van der Waals surface area contributed by atoms with Gasteiger partial charge in [0.2, 0.25) is 0 Å². The van der Waals surface area contributed by atoms with Crippen LogP contribution < -0.4 is 5.73 Å². The van der Waals surface area contributed by atoms with E-state index >= 15 is 0 Å². The Hall–Kier alpha value is -0.480. The van der Waals surface area contributed by atoms with Crippen LogP contribution >= 0.6 is 23.2 Å². The van der Waals surface area contributed by atoms with Gasteiger partial charge in [-0.2, -0.15) is 0 Å². The van der Waals surface area contributed by atoms with Crippen LogP contribution in [0.2, 0.25) is 10.0 Å². The number of hydrogen-bond donors (Lipinski definition) is 1. The Morgan fingerprint density at radius 2 is 1.70 bits per heavy atom. The number of benzene rings is 1. The molecule has 1 aliphatic rings. The zero-order valence-corrected chi connectivity index (χ0v) is 13.9. The standard InChI is InChI=1S/C15H23Cl2N3/c1-19(2)15(5-4-6-15)10-20(3)9-11-7-12(16)14(18)13(17)8-11/h7-8H,4-6,9-10,18H2,1-3H3. The van der Waals surface area contributed by atoms with Crippen LogP contribution in [0.25, 0.3) is 0 Å². The summed E-state index contributed by atoms with van der Waals surface area (Å²) in [7, 11) is 6.48. The molecule has 0 aliphatic heterocycles. The Balaban J connectivity index is 2.03. The molecule has 0 radical (unpaired) electrons. The fourth-order valence-corrected chi connectivity index (χ4v) is 3.46. The van der Waals surface area contributed by atoms with Crippen molar-refractivity contribution < 1.29 is 0 Å². The largest absolute Gasteiger partial charge is 0.396 e. The molecule has 5 heteroatoms. The summed E-state index contributed by atoms with van der Waals surface area (Å²) in [6, 6.07) is 3.81. The van der Waals surface area contributed by atoms with E-state index in [1.165, 1.54) is 19.3 Å². The zero-order valence-electron chi connectivity index (χ0n) is 12.4. The molecule has 0 bridgehead atoms. The van der Waals surface area contributed by atoms with Crippen molar-refractivity contribution in [2.75, 3.05) is 33.4 Å². The molecule has 2 N–H and O–H groups in total. The van der Waals surface area contributed by atoms with E-state index in [1.807, 2.05) is 12.1 Å². The minimum Gasteiger partial charge on any atom is -0.396 e. The fourth-order valence-electron chi connectivity index (χ4n) is 2.93. The molecule has 0 heterocycles. The average Bonchev–Trinajstić information content (AvgIpc) is 2.30. The predicted octanol–water partition coefficient (Wildman–Crippen LogP) is 3.49. The highest BCUT2D eigenvalue weighted by Crippen LogP contribution is 2.37. The second-order valence-corrected chi connectivity index (χ2v) is 6.93. The molecule has 0 saturated heterocycles. The molecule has 112 valence electrons. The molecule has 2 rings (SSSR count). The predicted molar refractivity (Wildman–Crippen MR) is 87.5 cm³/mol. The van der Waals surface area contributed by atoms with Gasteiger partial charge in [0.1, 0.15) is 0 Å². The first-order valence-corrected chi connectivity index (χ1v) is 7.69. The van der Waals surface area contributed by atoms with Crippen molar-refractivity contribution in [3.63, 3.8) is 0 Å². The van der Waals surface area contributed by atoms with Gasteiger partial charge in [0.25, 0.3) is 0 Å². The van der Waals surface area contributed by atoms with E-state index in [9.17, 15) is 0 Å². The maximum Gasteiger partial charge on any atom is 0.0693 e. The molecule has 0 spiro atoms. The highest BCUT2D eigenvalue weighted by molar-refractivity contribution is 6.38. The highest BCUT2D eigenvalue weighted by Gasteiger charge is 2.39. The topological polar surface area (TPSA) is 32.5 Å². The van der Waals surface area contributed by atoms with Crippen LogP contribution in [0.5, 0.6) is 0 Å². The van der Waals surface area contributed by atoms with E-state index in [4.69, 9.17) is 28.9 Å². The van der Waals surface area contributed by atoms with Crippen molar-refractivity contribution in [1.82, 2.24) is 9.80 Å². The lowest BCUT2D eigenvalue weighted by atomic mass is 9.75. The van der Waals surface area contributed by atoms with Crippen molar-refractivity contribution in [2.24, 2.45) is 0 Å². The van der Waals surface area contributed by atoms with E-state index in [0.29, 0.717) is 21.3 Å². The Kier molecular flexibility index (Phi) is 4.85. The maximum atomic E-state index is 6.09. The Bertz CT molecular complexity index is 461. The average molecular weight is 316 g/mol. The second-order valence-electron chi connectivity index (χ2n) is 6.12. The summed E-state index contributed by atoms with van der Waals surface area (Å²) < 4.78 is 0. The summed E-state index contributed by atoms with van der Waals surface area (Å²) in [5.74, 6) is 0. The third-order valence-corrected chi connectivity index (χ3v) is 5.01. The van der Waals surface area contributed by atoms with E-state index < -0.39 is 0 Å². The first-order chi connectivity index (χ1) is 9.34. The van der Waals surface area contributed by atoms with Crippen LogP contribution in [0.3, 0.4) is 0 Å². The van der Waals surface area contributed by atoms with Crippen LogP contribution in [0, 0.1) is 0 Å². The molecular formula is C15H23Cl2N3. The third-order valence-electron chi connectivity index (χ3n) is 4.39. The highest BCUT2D eigenvalue weighted by atomic mass is 35.5. The lowest BCUT2D eigenvalue weighted by molar-refractivity contribution is 0.0259. The molecule has 1 aromatic rings. The maximum absolute atomic E-state index is 6.09. The molecule has 1 aliphatic carbocycles. The van der Waals surface area contributed by atoms with Gasteiger partial charge < -0.3 is 15.5 Å². The molecule has 1 fully saturated rings. The molecular weight excluding hydrogens is 293 g/mol. The van der Waals surface area contributed by atoms with Crippen LogP contribution in [0.15, 0.2) is 12.1 Å². The monoisotopic (exact) mass is 315 g/mol. The van der Waals surface area contributed by atoms with E-state index in [1.54, 1.807) is 0 Å². The molecule has 0 aromatic heterocycles. The number of rotatable bonds is 5. The minimum absolute atomic E-state index is 0.330. The second kappa shape index (κ2) is 6.10. The van der Waals surface area contributed by atoms with Gasteiger partial charge in [0, 0.05) is 18.6 Å². The first kappa shape index (κ1) is 15.9. The summed E-state index contributed by atoms with van der Waals surface area (Å²) in [4.78, 5) is 4.69. The number of likely N-dealkylation sites (N-methyl/N-ethyl adjacent to an activating group) is 2. The van der Waals surface area contributed by atoms with Gasteiger partial charge in [-0.1, -0.05) is 23.2 Å². The summed E-state index contributed by atoms with van der Waals surface area (Å²) >= 11 is 12.2. The summed E-state index contributed by atoms with van der Waals surface area (Å²) in [5, 5.41) is 1.07. The number of hydrogen-bond acceptors (Lipinski definition) is 3. The van der Waals surface area contributed by atoms with Gasteiger partial charge in [0.15, 0.2) is 0 Å². The zero-order chi connectivity index (χ0) is 14.9. The van der Waals surface area contributed by atoms with E-state index in [2.05, 4.69) is 30.9 Å². The third kappa shape index (κ3) is 3.22. The number of nitrogens with two attached hydrogens (primary N) is 1.